The van der Waals surface area contributed by atoms with Crippen LogP contribution in [0.3, 0.4) is 0 Å². The predicted molar refractivity (Wildman–Crippen MR) is 70.4 cm³/mol. The van der Waals surface area contributed by atoms with Gasteiger partial charge in [-0.05, 0) is 11.6 Å². The first-order valence-corrected chi connectivity index (χ1v) is 6.07. The second-order valence-electron chi connectivity index (χ2n) is 3.23. The fourth-order valence-corrected chi connectivity index (χ4v) is 1.95. The topological polar surface area (TPSA) is 43.4 Å². The van der Waals surface area contributed by atoms with Crippen LogP contribution in [0.2, 0.25) is 10.0 Å². The summed E-state index contributed by atoms with van der Waals surface area (Å²) >= 11 is 15.7. The molecule has 3 nitrogen and oxygen atoms in total. The summed E-state index contributed by atoms with van der Waals surface area (Å²) in [5.74, 6) is -0.731. The van der Waals surface area contributed by atoms with E-state index in [0.29, 0.717) is 5.56 Å². The number of rotatable bonds is 4. The molecule has 1 rings (SSSR count). The Morgan fingerprint density at radius 1 is 1.35 bits per heavy atom. The third-order valence-electron chi connectivity index (χ3n) is 2.17. The van der Waals surface area contributed by atoms with E-state index in [0.717, 1.165) is 0 Å². The van der Waals surface area contributed by atoms with E-state index < -0.39 is 5.97 Å². The van der Waals surface area contributed by atoms with E-state index in [1.807, 2.05) is 0 Å². The molecule has 1 aromatic rings. The van der Waals surface area contributed by atoms with E-state index in [9.17, 15) is 9.59 Å². The van der Waals surface area contributed by atoms with Crippen molar-refractivity contribution in [2.24, 2.45) is 0 Å². The molecule has 0 saturated carbocycles. The second-order valence-corrected chi connectivity index (χ2v) is 4.33. The highest BCUT2D eigenvalue weighted by Crippen LogP contribution is 2.29. The van der Waals surface area contributed by atoms with Gasteiger partial charge in [0.15, 0.2) is 5.78 Å². The molecule has 6 heteroatoms. The summed E-state index contributed by atoms with van der Waals surface area (Å²) < 4.78 is 4.55. The zero-order valence-electron chi connectivity index (χ0n) is 9.00. The minimum atomic E-state index is -0.448. The number of hydrogen-bond donors (Lipinski definition) is 1. The fourth-order valence-electron chi connectivity index (χ4n) is 1.35. The largest absolute Gasteiger partial charge is 0.469 e. The molecule has 0 aliphatic heterocycles. The Balaban J connectivity index is 3.25. The second kappa shape index (κ2) is 6.28. The Morgan fingerprint density at radius 2 is 2.00 bits per heavy atom. The first-order chi connectivity index (χ1) is 8.01. The maximum atomic E-state index is 11.7. The van der Waals surface area contributed by atoms with Gasteiger partial charge in [-0.1, -0.05) is 29.3 Å². The molecule has 17 heavy (non-hydrogen) atoms. The number of thiol groups is 1. The van der Waals surface area contributed by atoms with E-state index in [4.69, 9.17) is 23.2 Å². The van der Waals surface area contributed by atoms with Crippen LogP contribution in [0.25, 0.3) is 0 Å². The van der Waals surface area contributed by atoms with Gasteiger partial charge in [0, 0.05) is 5.56 Å². The van der Waals surface area contributed by atoms with Gasteiger partial charge in [0.05, 0.1) is 29.3 Å². The van der Waals surface area contributed by atoms with E-state index in [1.54, 1.807) is 6.07 Å². The lowest BCUT2D eigenvalue weighted by Crippen LogP contribution is -2.11. The van der Waals surface area contributed by atoms with Crippen LogP contribution in [0.5, 0.6) is 0 Å². The van der Waals surface area contributed by atoms with E-state index >= 15 is 0 Å². The molecule has 0 unspecified atom stereocenters. The molecule has 92 valence electrons. The Morgan fingerprint density at radius 3 is 2.53 bits per heavy atom. The highest BCUT2D eigenvalue weighted by atomic mass is 35.5. The van der Waals surface area contributed by atoms with Crippen LogP contribution in [0.4, 0.5) is 0 Å². The molecule has 1 aromatic carbocycles. The minimum Gasteiger partial charge on any atom is -0.469 e. The van der Waals surface area contributed by atoms with Crippen molar-refractivity contribution in [3.63, 3.8) is 0 Å². The number of hydrogen-bond acceptors (Lipinski definition) is 4. The number of Topliss-reactive ketones (excluding diaryl/α,β-unsaturated/α-hetero) is 1. The Kier molecular flexibility index (Phi) is 5.31. The van der Waals surface area contributed by atoms with Crippen LogP contribution in [0, 0.1) is 0 Å². The summed E-state index contributed by atoms with van der Waals surface area (Å²) in [6, 6.07) is 3.12. The molecule has 0 fully saturated rings. The number of esters is 1. The zero-order chi connectivity index (χ0) is 13.0. The van der Waals surface area contributed by atoms with E-state index in [2.05, 4.69) is 17.4 Å². The number of halogens is 2. The third-order valence-corrected chi connectivity index (χ3v) is 3.26. The summed E-state index contributed by atoms with van der Waals surface area (Å²) in [5.41, 5.74) is 0.727. The standard InChI is InChI=1S/C11H10Cl2O3S/c1-16-9(15)4-6-2-3-7(12)11(13)10(6)8(14)5-17/h2-3,17H,4-5H2,1H3. The first-order valence-electron chi connectivity index (χ1n) is 4.69. The predicted octanol–water partition coefficient (Wildman–Crippen LogP) is 2.82. The van der Waals surface area contributed by atoms with Crippen LogP contribution in [0.15, 0.2) is 12.1 Å². The van der Waals surface area contributed by atoms with Gasteiger partial charge in [-0.3, -0.25) is 9.59 Å². The number of methoxy groups -OCH3 is 1. The fraction of sp³-hybridized carbons (Fsp3) is 0.273. The van der Waals surface area contributed by atoms with Gasteiger partial charge in [-0.2, -0.15) is 12.6 Å². The Hall–Kier alpha value is -0.710. The van der Waals surface area contributed by atoms with Crippen LogP contribution in [-0.4, -0.2) is 24.6 Å². The first kappa shape index (κ1) is 14.4. The lowest BCUT2D eigenvalue weighted by atomic mass is 10.0. The normalized spacial score (nSPS) is 10.1. The van der Waals surface area contributed by atoms with Crippen molar-refractivity contribution in [2.45, 2.75) is 6.42 Å². The molecule has 0 aliphatic rings. The number of carbonyl (C=O) groups is 2. The van der Waals surface area contributed by atoms with Crippen molar-refractivity contribution in [3.8, 4) is 0 Å². The monoisotopic (exact) mass is 292 g/mol. The Bertz CT molecular complexity index is 460. The van der Waals surface area contributed by atoms with Gasteiger partial charge in [0.2, 0.25) is 0 Å². The summed E-state index contributed by atoms with van der Waals surface area (Å²) in [6.07, 6.45) is -0.0256. The van der Waals surface area contributed by atoms with Crippen LogP contribution < -0.4 is 0 Å². The average molecular weight is 293 g/mol. The maximum absolute atomic E-state index is 11.7. The number of ether oxygens (including phenoxy) is 1. The minimum absolute atomic E-state index is 0.00572. The molecule has 0 aromatic heterocycles. The molecule has 0 saturated heterocycles. The lowest BCUT2D eigenvalue weighted by molar-refractivity contribution is -0.139. The average Bonchev–Trinajstić information content (AvgIpc) is 2.33. The summed E-state index contributed by atoms with van der Waals surface area (Å²) in [5, 5.41) is 0.414. The van der Waals surface area contributed by atoms with Crippen molar-refractivity contribution in [1.82, 2.24) is 0 Å². The third kappa shape index (κ3) is 3.37. The smallest absolute Gasteiger partial charge is 0.310 e. The van der Waals surface area contributed by atoms with Gasteiger partial charge < -0.3 is 4.74 Å². The van der Waals surface area contributed by atoms with Crippen LogP contribution >= 0.6 is 35.8 Å². The van der Waals surface area contributed by atoms with Crippen LogP contribution in [-0.2, 0) is 16.0 Å². The molecule has 0 bridgehead atoms. The molecule has 0 aliphatic carbocycles. The summed E-state index contributed by atoms with van der Waals surface area (Å²) in [4.78, 5) is 22.9. The molecular formula is C11H10Cl2O3S. The van der Waals surface area contributed by atoms with Crippen molar-refractivity contribution in [2.75, 3.05) is 12.9 Å². The number of carbonyl (C=O) groups excluding carboxylic acids is 2. The van der Waals surface area contributed by atoms with Gasteiger partial charge in [0.25, 0.3) is 0 Å². The molecular weight excluding hydrogens is 283 g/mol. The van der Waals surface area contributed by atoms with Crippen molar-refractivity contribution in [3.05, 3.63) is 33.3 Å². The lowest BCUT2D eigenvalue weighted by Gasteiger charge is -2.10. The molecule has 0 radical (unpaired) electrons. The number of ketones is 1. The summed E-state index contributed by atoms with van der Waals surface area (Å²) in [6.45, 7) is 0. The molecule has 0 atom stereocenters. The van der Waals surface area contributed by atoms with Crippen LogP contribution in [0.1, 0.15) is 15.9 Å². The molecule has 0 amide bonds. The van der Waals surface area contributed by atoms with Crippen molar-refractivity contribution >= 4 is 47.6 Å². The van der Waals surface area contributed by atoms with Crippen molar-refractivity contribution in [1.29, 1.82) is 0 Å². The van der Waals surface area contributed by atoms with E-state index in [-0.39, 0.29) is 33.6 Å². The highest BCUT2D eigenvalue weighted by molar-refractivity contribution is 7.81. The van der Waals surface area contributed by atoms with Gasteiger partial charge in [0.1, 0.15) is 0 Å². The highest BCUT2D eigenvalue weighted by Gasteiger charge is 2.18. The number of benzene rings is 1. The zero-order valence-corrected chi connectivity index (χ0v) is 11.4. The quantitative estimate of drug-likeness (QED) is 0.527. The maximum Gasteiger partial charge on any atom is 0.310 e. The van der Waals surface area contributed by atoms with Crippen molar-refractivity contribution < 1.29 is 14.3 Å². The molecule has 0 heterocycles. The SMILES string of the molecule is COC(=O)Cc1ccc(Cl)c(Cl)c1C(=O)CS. The molecule has 0 spiro atoms. The van der Waals surface area contributed by atoms with Gasteiger partial charge in [-0.15, -0.1) is 0 Å². The Labute approximate surface area is 114 Å². The van der Waals surface area contributed by atoms with Gasteiger partial charge in [-0.25, -0.2) is 0 Å². The van der Waals surface area contributed by atoms with Gasteiger partial charge >= 0.3 is 5.97 Å². The molecule has 0 N–H and O–H groups in total. The van der Waals surface area contributed by atoms with E-state index in [1.165, 1.54) is 13.2 Å². The summed E-state index contributed by atoms with van der Waals surface area (Å²) in [7, 11) is 1.28.